The number of aliphatic hydroxyl groups excluding tert-OH is 1. The van der Waals surface area contributed by atoms with Crippen LogP contribution in [0.2, 0.25) is 0 Å². The number of aliphatic hydroxyl groups is 1. The molecule has 5 N–H and O–H groups in total. The molecule has 1 aliphatic carbocycles. The number of Topliss-reactive ketones (excluding diaryl/α,β-unsaturated/α-hetero) is 1. The highest BCUT2D eigenvalue weighted by Gasteiger charge is 2.23. The number of rotatable bonds is 5. The van der Waals surface area contributed by atoms with Crippen molar-refractivity contribution in [2.45, 2.75) is 31.4 Å². The van der Waals surface area contributed by atoms with E-state index in [9.17, 15) is 18.7 Å². The van der Waals surface area contributed by atoms with Gasteiger partial charge in [0, 0.05) is 24.9 Å². The highest BCUT2D eigenvalue weighted by atomic mass is 19.1. The molecule has 8 heteroatoms. The molecule has 2 heterocycles. The lowest BCUT2D eigenvalue weighted by Crippen LogP contribution is -2.35. The fraction of sp³-hybridized carbons (Fsp3) is 0.208. The van der Waals surface area contributed by atoms with Crippen molar-refractivity contribution in [3.05, 3.63) is 83.3 Å². The van der Waals surface area contributed by atoms with E-state index in [-0.39, 0.29) is 29.1 Å². The zero-order valence-corrected chi connectivity index (χ0v) is 17.1. The van der Waals surface area contributed by atoms with Crippen LogP contribution in [0.15, 0.2) is 54.9 Å². The van der Waals surface area contributed by atoms with E-state index in [1.54, 1.807) is 24.5 Å². The van der Waals surface area contributed by atoms with Gasteiger partial charge in [-0.2, -0.15) is 0 Å². The van der Waals surface area contributed by atoms with Crippen LogP contribution in [0.5, 0.6) is 0 Å². The number of benzene rings is 1. The van der Waals surface area contributed by atoms with Gasteiger partial charge < -0.3 is 16.6 Å². The molecule has 32 heavy (non-hydrogen) atoms. The van der Waals surface area contributed by atoms with Crippen LogP contribution in [-0.4, -0.2) is 33.0 Å². The van der Waals surface area contributed by atoms with Gasteiger partial charge in [-0.15, -0.1) is 0 Å². The lowest BCUT2D eigenvalue weighted by Gasteiger charge is -2.24. The molecule has 0 radical (unpaired) electrons. The van der Waals surface area contributed by atoms with Gasteiger partial charge in [0.05, 0.1) is 23.0 Å². The number of carbonyl (C=O) groups is 1. The molecular weight excluding hydrogens is 414 g/mol. The van der Waals surface area contributed by atoms with Crippen molar-refractivity contribution < 1.29 is 18.7 Å². The standard InChI is InChI=1S/C24H22F2N4O2/c25-16-2-1-3-17(26)23(16)20-6-5-18(27)24(30-20)22(32)11-14-12-29-9-8-15(14)13-4-7-21(31)19(28)10-13/h1-3,5-6,8-10,12,19,21,31H,4,7,11,27-28H2/t19-,21+/m1/s1. The van der Waals surface area contributed by atoms with Crippen LogP contribution in [0.1, 0.15) is 34.5 Å². The number of carbonyl (C=O) groups excluding carboxylic acids is 1. The first kappa shape index (κ1) is 21.7. The van der Waals surface area contributed by atoms with E-state index in [1.165, 1.54) is 18.2 Å². The van der Waals surface area contributed by atoms with E-state index in [2.05, 4.69) is 9.97 Å². The van der Waals surface area contributed by atoms with Crippen molar-refractivity contribution >= 4 is 17.0 Å². The van der Waals surface area contributed by atoms with Crippen LogP contribution >= 0.6 is 0 Å². The summed E-state index contributed by atoms with van der Waals surface area (Å²) < 4.78 is 28.4. The summed E-state index contributed by atoms with van der Waals surface area (Å²) >= 11 is 0. The molecule has 2 atom stereocenters. The number of allylic oxidation sites excluding steroid dienone is 1. The molecule has 3 aromatic rings. The number of aromatic nitrogens is 2. The lowest BCUT2D eigenvalue weighted by molar-refractivity contribution is 0.0989. The molecule has 0 bridgehead atoms. The zero-order chi connectivity index (χ0) is 22.8. The predicted molar refractivity (Wildman–Crippen MR) is 117 cm³/mol. The Kier molecular flexibility index (Phi) is 6.07. The molecule has 0 amide bonds. The van der Waals surface area contributed by atoms with Crippen molar-refractivity contribution in [1.29, 1.82) is 0 Å². The smallest absolute Gasteiger partial charge is 0.187 e. The number of hydrogen-bond donors (Lipinski definition) is 3. The molecule has 0 saturated heterocycles. The number of halogens is 2. The normalized spacial score (nSPS) is 18.3. The second-order valence-corrected chi connectivity index (χ2v) is 7.74. The third-order valence-corrected chi connectivity index (χ3v) is 5.56. The molecule has 0 fully saturated rings. The summed E-state index contributed by atoms with van der Waals surface area (Å²) in [6.07, 6.45) is 5.48. The molecule has 6 nitrogen and oxygen atoms in total. The number of pyridine rings is 2. The monoisotopic (exact) mass is 436 g/mol. The van der Waals surface area contributed by atoms with Crippen molar-refractivity contribution in [2.75, 3.05) is 5.73 Å². The highest BCUT2D eigenvalue weighted by molar-refractivity contribution is 6.01. The highest BCUT2D eigenvalue weighted by Crippen LogP contribution is 2.30. The van der Waals surface area contributed by atoms with E-state index in [1.807, 2.05) is 0 Å². The maximum Gasteiger partial charge on any atom is 0.187 e. The lowest BCUT2D eigenvalue weighted by atomic mass is 9.87. The van der Waals surface area contributed by atoms with E-state index in [4.69, 9.17) is 11.5 Å². The minimum atomic E-state index is -0.780. The summed E-state index contributed by atoms with van der Waals surface area (Å²) in [5.41, 5.74) is 14.0. The van der Waals surface area contributed by atoms with Crippen molar-refractivity contribution in [1.82, 2.24) is 9.97 Å². The second-order valence-electron chi connectivity index (χ2n) is 7.74. The maximum absolute atomic E-state index is 14.2. The molecule has 1 aromatic carbocycles. The third kappa shape index (κ3) is 4.28. The molecule has 164 valence electrons. The van der Waals surface area contributed by atoms with Crippen LogP contribution in [0.4, 0.5) is 14.5 Å². The average molecular weight is 436 g/mol. The van der Waals surface area contributed by atoms with Crippen LogP contribution in [0.25, 0.3) is 16.8 Å². The molecule has 0 saturated carbocycles. The van der Waals surface area contributed by atoms with Crippen molar-refractivity contribution in [2.24, 2.45) is 5.73 Å². The van der Waals surface area contributed by atoms with Gasteiger partial charge in [-0.1, -0.05) is 12.1 Å². The molecule has 4 rings (SSSR count). The summed E-state index contributed by atoms with van der Waals surface area (Å²) in [5.74, 6) is -1.97. The van der Waals surface area contributed by atoms with Gasteiger partial charge >= 0.3 is 0 Å². The van der Waals surface area contributed by atoms with Crippen LogP contribution < -0.4 is 11.5 Å². The van der Waals surface area contributed by atoms with E-state index < -0.39 is 29.6 Å². The van der Waals surface area contributed by atoms with Crippen molar-refractivity contribution in [3.8, 4) is 11.3 Å². The molecule has 0 unspecified atom stereocenters. The van der Waals surface area contributed by atoms with Crippen molar-refractivity contribution in [3.63, 3.8) is 0 Å². The Bertz CT molecular complexity index is 1190. The summed E-state index contributed by atoms with van der Waals surface area (Å²) in [4.78, 5) is 21.4. The molecule has 2 aromatic heterocycles. The first-order valence-corrected chi connectivity index (χ1v) is 10.2. The minimum Gasteiger partial charge on any atom is -0.397 e. The number of nitrogen functional groups attached to an aromatic ring is 1. The summed E-state index contributed by atoms with van der Waals surface area (Å²) in [6.45, 7) is 0. The Hall–Kier alpha value is -3.49. The van der Waals surface area contributed by atoms with Gasteiger partial charge in [0.15, 0.2) is 5.78 Å². The zero-order valence-electron chi connectivity index (χ0n) is 17.1. The number of nitrogens with zero attached hydrogens (tertiary/aromatic N) is 2. The van der Waals surface area contributed by atoms with Crippen LogP contribution in [-0.2, 0) is 6.42 Å². The number of nitrogens with two attached hydrogens (primary N) is 2. The Morgan fingerprint density at radius 2 is 1.91 bits per heavy atom. The van der Waals surface area contributed by atoms with E-state index in [0.29, 0.717) is 18.4 Å². The molecule has 1 aliphatic rings. The van der Waals surface area contributed by atoms with Gasteiger partial charge in [-0.05, 0) is 59.9 Å². The topological polar surface area (TPSA) is 115 Å². The van der Waals surface area contributed by atoms with Gasteiger partial charge in [0.25, 0.3) is 0 Å². The van der Waals surface area contributed by atoms with E-state index in [0.717, 1.165) is 23.3 Å². The van der Waals surface area contributed by atoms with Gasteiger partial charge in [-0.25, -0.2) is 13.8 Å². The third-order valence-electron chi connectivity index (χ3n) is 5.56. The Morgan fingerprint density at radius 3 is 2.62 bits per heavy atom. The van der Waals surface area contributed by atoms with Crippen LogP contribution in [0, 0.1) is 11.6 Å². The Balaban J connectivity index is 1.67. The number of hydrogen-bond acceptors (Lipinski definition) is 6. The largest absolute Gasteiger partial charge is 0.397 e. The van der Waals surface area contributed by atoms with E-state index >= 15 is 0 Å². The number of ketones is 1. The van der Waals surface area contributed by atoms with Gasteiger partial charge in [-0.3, -0.25) is 9.78 Å². The second kappa shape index (κ2) is 8.94. The SMILES string of the molecule is Nc1ccc(-c2c(F)cccc2F)nc1C(=O)Cc1cnccc1C1=C[C@@H](N)[C@@H](O)CC1. The first-order chi connectivity index (χ1) is 15.3. The number of anilines is 1. The summed E-state index contributed by atoms with van der Waals surface area (Å²) in [7, 11) is 0. The molecule has 0 aliphatic heterocycles. The minimum absolute atomic E-state index is 0.0143. The Labute approximate surface area is 183 Å². The fourth-order valence-corrected chi connectivity index (χ4v) is 3.86. The quantitative estimate of drug-likeness (QED) is 0.529. The Morgan fingerprint density at radius 1 is 1.16 bits per heavy atom. The summed E-state index contributed by atoms with van der Waals surface area (Å²) in [6, 6.07) is 7.60. The molecule has 0 spiro atoms. The average Bonchev–Trinajstić information content (AvgIpc) is 2.77. The maximum atomic E-state index is 14.2. The molecular formula is C24H22F2N4O2. The predicted octanol–water partition coefficient (Wildman–Crippen LogP) is 3.29. The van der Waals surface area contributed by atoms with Gasteiger partial charge in [0.1, 0.15) is 17.3 Å². The summed E-state index contributed by atoms with van der Waals surface area (Å²) in [5, 5.41) is 9.88. The fourth-order valence-electron chi connectivity index (χ4n) is 3.86. The van der Waals surface area contributed by atoms with Crippen LogP contribution in [0.3, 0.4) is 0 Å². The van der Waals surface area contributed by atoms with Gasteiger partial charge in [0.2, 0.25) is 0 Å². The first-order valence-electron chi connectivity index (χ1n) is 10.2.